The third-order valence-corrected chi connectivity index (χ3v) is 7.45. The third kappa shape index (κ3) is 7.00. The Kier molecular flexibility index (Phi) is 9.75. The fourth-order valence-electron chi connectivity index (χ4n) is 5.31. The minimum absolute atomic E-state index is 0.0189. The normalized spacial score (nSPS) is 17.5. The van der Waals surface area contributed by atoms with Crippen LogP contribution in [-0.4, -0.2) is 63.5 Å². The lowest BCUT2D eigenvalue weighted by Crippen LogP contribution is -2.39. The van der Waals surface area contributed by atoms with Crippen molar-refractivity contribution in [2.45, 2.75) is 44.3 Å². The maximum Gasteiger partial charge on any atom is 0.333 e. The van der Waals surface area contributed by atoms with Gasteiger partial charge in [0.1, 0.15) is 41.5 Å². The van der Waals surface area contributed by atoms with Gasteiger partial charge in [0, 0.05) is 17.1 Å². The summed E-state index contributed by atoms with van der Waals surface area (Å²) in [7, 11) is 0. The van der Waals surface area contributed by atoms with Crippen LogP contribution in [0.4, 0.5) is 13.2 Å². The second-order valence-corrected chi connectivity index (χ2v) is 10.5. The van der Waals surface area contributed by atoms with E-state index in [9.17, 15) is 13.6 Å². The van der Waals surface area contributed by atoms with Crippen LogP contribution < -0.4 is 15.8 Å². The van der Waals surface area contributed by atoms with Crippen molar-refractivity contribution >= 4 is 40.7 Å². The lowest BCUT2D eigenvalue weighted by molar-refractivity contribution is 0.0915. The number of nitrogens with two attached hydrogens (primary N) is 1. The van der Waals surface area contributed by atoms with Crippen LogP contribution in [0.1, 0.15) is 47.8 Å². The SMILES string of the molecule is NC(=N/C=N/C(F)F)c1cc2c(cn1)nc(-c1ccccc1F)n2C1CCCC(NC(=O)c2cc(Cl)ccc2OCCO)C1. The lowest BCUT2D eigenvalue weighted by Gasteiger charge is -2.32. The molecule has 1 saturated carbocycles. The number of amidine groups is 1. The molecule has 1 aliphatic carbocycles. The molecule has 4 N–H and O–H groups in total. The van der Waals surface area contributed by atoms with Gasteiger partial charge in [-0.15, -0.1) is 0 Å². The standard InChI is InChI=1S/C30H29ClF3N7O3/c31-17-8-9-26(44-11-10-42)21(12-17)29(43)39-18-4-3-5-19(13-18)41-25-14-23(27(35)37-16-38-30(33)34)36-15-24(25)40-28(41)20-6-1-2-7-22(20)32/h1-2,6-9,12,14-16,18-19,30,42H,3-5,10-11,13H2,(H,39,43)(H2,35,37,38). The fraction of sp³-hybridized carbons (Fsp3) is 0.300. The number of imidazole rings is 1. The van der Waals surface area contributed by atoms with Gasteiger partial charge in [0.25, 0.3) is 5.91 Å². The summed E-state index contributed by atoms with van der Waals surface area (Å²) < 4.78 is 47.4. The largest absolute Gasteiger partial charge is 0.490 e. The first-order valence-corrected chi connectivity index (χ1v) is 14.2. The zero-order chi connectivity index (χ0) is 31.2. The Morgan fingerprint density at radius 1 is 1.25 bits per heavy atom. The van der Waals surface area contributed by atoms with Crippen LogP contribution in [0.5, 0.6) is 5.75 Å². The number of pyridine rings is 1. The average molecular weight is 628 g/mol. The molecule has 2 heterocycles. The second-order valence-electron chi connectivity index (χ2n) is 10.1. The summed E-state index contributed by atoms with van der Waals surface area (Å²) >= 11 is 6.16. The summed E-state index contributed by atoms with van der Waals surface area (Å²) in [4.78, 5) is 29.0. The van der Waals surface area contributed by atoms with E-state index in [0.717, 1.165) is 6.42 Å². The van der Waals surface area contributed by atoms with Crippen LogP contribution in [0.2, 0.25) is 5.02 Å². The van der Waals surface area contributed by atoms with Gasteiger partial charge in [0.05, 0.1) is 29.4 Å². The molecule has 0 bridgehead atoms. The number of nitrogens with zero attached hydrogens (tertiary/aromatic N) is 5. The number of hydrogen-bond acceptors (Lipinski definition) is 6. The molecule has 2 unspecified atom stereocenters. The maximum atomic E-state index is 15.1. The number of rotatable bonds is 10. The molecule has 10 nitrogen and oxygen atoms in total. The van der Waals surface area contributed by atoms with Crippen molar-refractivity contribution in [1.29, 1.82) is 0 Å². The van der Waals surface area contributed by atoms with E-state index in [-0.39, 0.29) is 53.9 Å². The van der Waals surface area contributed by atoms with E-state index in [0.29, 0.717) is 53.2 Å². The quantitative estimate of drug-likeness (QED) is 0.126. The molecular weight excluding hydrogens is 599 g/mol. The Hall–Kier alpha value is -4.49. The highest BCUT2D eigenvalue weighted by Gasteiger charge is 2.30. The molecule has 2 aromatic heterocycles. The highest BCUT2D eigenvalue weighted by molar-refractivity contribution is 6.31. The number of fused-ring (bicyclic) bond motifs is 1. The molecule has 1 aliphatic rings. The summed E-state index contributed by atoms with van der Waals surface area (Å²) in [6.45, 7) is -3.12. The van der Waals surface area contributed by atoms with E-state index in [1.807, 2.05) is 4.57 Å². The van der Waals surface area contributed by atoms with Gasteiger partial charge in [-0.3, -0.25) is 9.78 Å². The van der Waals surface area contributed by atoms with Crippen molar-refractivity contribution in [2.24, 2.45) is 15.7 Å². The van der Waals surface area contributed by atoms with E-state index < -0.39 is 12.4 Å². The monoisotopic (exact) mass is 627 g/mol. The molecule has 0 spiro atoms. The number of aliphatic hydroxyl groups excluding tert-OH is 1. The number of carbonyl (C=O) groups excluding carboxylic acids is 1. The molecule has 14 heteroatoms. The molecule has 4 aromatic rings. The number of alkyl halides is 2. The minimum Gasteiger partial charge on any atom is -0.490 e. The van der Waals surface area contributed by atoms with Crippen LogP contribution in [-0.2, 0) is 0 Å². The molecule has 2 aromatic carbocycles. The number of ether oxygens (including phenoxy) is 1. The van der Waals surface area contributed by atoms with Crippen LogP contribution >= 0.6 is 11.6 Å². The zero-order valence-corrected chi connectivity index (χ0v) is 24.1. The summed E-state index contributed by atoms with van der Waals surface area (Å²) in [5.41, 5.74) is 7.80. The van der Waals surface area contributed by atoms with Gasteiger partial charge in [0.2, 0.25) is 0 Å². The number of hydrogen-bond donors (Lipinski definition) is 3. The van der Waals surface area contributed by atoms with Crippen molar-refractivity contribution in [3.8, 4) is 17.1 Å². The summed E-state index contributed by atoms with van der Waals surface area (Å²) in [6.07, 6.45) is 4.79. The van der Waals surface area contributed by atoms with E-state index in [1.165, 1.54) is 18.3 Å². The summed E-state index contributed by atoms with van der Waals surface area (Å²) in [5, 5.41) is 12.6. The molecule has 230 valence electrons. The highest BCUT2D eigenvalue weighted by Crippen LogP contribution is 2.37. The fourth-order valence-corrected chi connectivity index (χ4v) is 5.48. The van der Waals surface area contributed by atoms with Gasteiger partial charge in [-0.1, -0.05) is 23.7 Å². The van der Waals surface area contributed by atoms with E-state index >= 15 is 4.39 Å². The van der Waals surface area contributed by atoms with E-state index in [1.54, 1.807) is 36.4 Å². The molecule has 2 atom stereocenters. The third-order valence-electron chi connectivity index (χ3n) is 7.21. The number of amides is 1. The van der Waals surface area contributed by atoms with Crippen LogP contribution in [0.15, 0.2) is 64.7 Å². The van der Waals surface area contributed by atoms with Crippen LogP contribution in [0.3, 0.4) is 0 Å². The molecule has 1 amide bonds. The van der Waals surface area contributed by atoms with Gasteiger partial charge in [-0.05, 0) is 62.1 Å². The van der Waals surface area contributed by atoms with Crippen LogP contribution in [0, 0.1) is 5.82 Å². The topological polar surface area (TPSA) is 140 Å². The molecule has 0 radical (unpaired) electrons. The first kappa shape index (κ1) is 31.0. The summed E-state index contributed by atoms with van der Waals surface area (Å²) in [5.74, 6) is -0.298. The van der Waals surface area contributed by atoms with Gasteiger partial charge in [-0.2, -0.15) is 8.78 Å². The zero-order valence-electron chi connectivity index (χ0n) is 23.3. The lowest BCUT2D eigenvalue weighted by atomic mass is 9.90. The van der Waals surface area contributed by atoms with Crippen molar-refractivity contribution < 1.29 is 27.8 Å². The Morgan fingerprint density at radius 3 is 2.84 bits per heavy atom. The van der Waals surface area contributed by atoms with Gasteiger partial charge < -0.3 is 25.5 Å². The van der Waals surface area contributed by atoms with Gasteiger partial charge in [0.15, 0.2) is 5.84 Å². The Labute approximate surface area is 255 Å². The number of aliphatic imine (C=N–C) groups is 2. The summed E-state index contributed by atoms with van der Waals surface area (Å²) in [6, 6.07) is 12.1. The number of aromatic nitrogens is 3. The van der Waals surface area contributed by atoms with Crippen molar-refractivity contribution in [3.63, 3.8) is 0 Å². The maximum absolute atomic E-state index is 15.1. The number of nitrogens with one attached hydrogen (secondary N) is 1. The van der Waals surface area contributed by atoms with Crippen molar-refractivity contribution in [1.82, 2.24) is 19.9 Å². The molecular formula is C30H29ClF3N7O3. The Balaban J connectivity index is 1.50. The predicted octanol–water partition coefficient (Wildman–Crippen LogP) is 5.13. The number of aliphatic hydroxyl groups is 1. The minimum atomic E-state index is -2.93. The van der Waals surface area contributed by atoms with E-state index in [2.05, 4.69) is 20.3 Å². The number of benzene rings is 2. The first-order valence-electron chi connectivity index (χ1n) is 13.9. The molecule has 5 rings (SSSR count). The van der Waals surface area contributed by atoms with Gasteiger partial charge in [-0.25, -0.2) is 19.4 Å². The molecule has 0 aliphatic heterocycles. The first-order chi connectivity index (χ1) is 21.2. The molecule has 0 saturated heterocycles. The van der Waals surface area contributed by atoms with Crippen molar-refractivity contribution in [2.75, 3.05) is 13.2 Å². The molecule has 1 fully saturated rings. The highest BCUT2D eigenvalue weighted by atomic mass is 35.5. The predicted molar refractivity (Wildman–Crippen MR) is 161 cm³/mol. The Bertz CT molecular complexity index is 1710. The van der Waals surface area contributed by atoms with E-state index in [4.69, 9.17) is 32.2 Å². The average Bonchev–Trinajstić information content (AvgIpc) is 3.39. The Morgan fingerprint density at radius 2 is 2.07 bits per heavy atom. The second kappa shape index (κ2) is 13.9. The molecule has 44 heavy (non-hydrogen) atoms. The van der Waals surface area contributed by atoms with Crippen LogP contribution in [0.25, 0.3) is 22.4 Å². The van der Waals surface area contributed by atoms with Gasteiger partial charge >= 0.3 is 6.55 Å². The van der Waals surface area contributed by atoms with Crippen molar-refractivity contribution in [3.05, 3.63) is 76.8 Å². The number of halogens is 4. The smallest absolute Gasteiger partial charge is 0.333 e. The number of carbonyl (C=O) groups is 1.